The summed E-state index contributed by atoms with van der Waals surface area (Å²) < 4.78 is 19.9. The van der Waals surface area contributed by atoms with E-state index < -0.39 is 10.8 Å². The summed E-state index contributed by atoms with van der Waals surface area (Å²) in [6.07, 6.45) is 0. The van der Waals surface area contributed by atoms with Gasteiger partial charge >= 0.3 is 0 Å². The van der Waals surface area contributed by atoms with Gasteiger partial charge in [-0.05, 0) is 134 Å². The van der Waals surface area contributed by atoms with Crippen LogP contribution in [0.1, 0.15) is 44.5 Å². The lowest BCUT2D eigenvalue weighted by Gasteiger charge is -2.39. The van der Waals surface area contributed by atoms with Crippen molar-refractivity contribution in [1.29, 1.82) is 0 Å². The molecule has 0 radical (unpaired) electrons. The SMILES string of the molecule is c1cc(-c2cccc3c2-c2ccccc2C32c3ccccc3Oc3ccccc32)cc(N(c2ccc(-c3ccc4c(c3)oc3ccccc34)cc2)c2cccc3c2-c2ccccc2C32c3ccccc3Oc3ccccc32)c1. The zero-order valence-electron chi connectivity index (χ0n) is 42.2. The molecule has 2 spiro atoms. The van der Waals surface area contributed by atoms with E-state index in [1.54, 1.807) is 0 Å². The molecule has 0 amide bonds. The largest absolute Gasteiger partial charge is 0.457 e. The highest BCUT2D eigenvalue weighted by Crippen LogP contribution is 2.66. The number of anilines is 3. The zero-order chi connectivity index (χ0) is 51.1. The molecule has 13 aromatic rings. The Kier molecular flexibility index (Phi) is 8.94. The third-order valence-electron chi connectivity index (χ3n) is 17.2. The van der Waals surface area contributed by atoms with Crippen LogP contribution >= 0.6 is 0 Å². The quantitative estimate of drug-likeness (QED) is 0.172. The van der Waals surface area contributed by atoms with Gasteiger partial charge in [-0.3, -0.25) is 0 Å². The van der Waals surface area contributed by atoms with Crippen molar-refractivity contribution in [2.24, 2.45) is 0 Å². The maximum absolute atomic E-state index is 6.76. The fourth-order valence-corrected chi connectivity index (χ4v) is 14.2. The van der Waals surface area contributed by atoms with E-state index in [0.29, 0.717) is 0 Å². The second-order valence-corrected chi connectivity index (χ2v) is 20.9. The number of benzene rings is 12. The minimum Gasteiger partial charge on any atom is -0.457 e. The van der Waals surface area contributed by atoms with Crippen LogP contribution in [-0.2, 0) is 10.8 Å². The van der Waals surface area contributed by atoms with Gasteiger partial charge in [0.15, 0.2) is 0 Å². The van der Waals surface area contributed by atoms with Crippen molar-refractivity contribution in [3.8, 4) is 67.5 Å². The zero-order valence-corrected chi connectivity index (χ0v) is 42.2. The molecule has 4 heteroatoms. The first kappa shape index (κ1) is 43.1. The molecule has 0 bridgehead atoms. The fraction of sp³-hybridized carbons (Fsp3) is 0.0270. The Labute approximate surface area is 451 Å². The summed E-state index contributed by atoms with van der Waals surface area (Å²) in [5.41, 5.74) is 22.7. The molecular weight excluding hydrogens is 951 g/mol. The van der Waals surface area contributed by atoms with Crippen LogP contribution in [0.15, 0.2) is 277 Å². The third kappa shape index (κ3) is 5.73. The van der Waals surface area contributed by atoms with Gasteiger partial charge in [-0.25, -0.2) is 0 Å². The van der Waals surface area contributed by atoms with E-state index in [2.05, 4.69) is 266 Å². The van der Waals surface area contributed by atoms with Crippen molar-refractivity contribution in [2.45, 2.75) is 10.8 Å². The van der Waals surface area contributed by atoms with Gasteiger partial charge in [0, 0.05) is 50.0 Å². The Bertz CT molecular complexity index is 4570. The molecule has 12 aromatic carbocycles. The molecule has 0 atom stereocenters. The Morgan fingerprint density at radius 1 is 0.269 bits per heavy atom. The standard InChI is InChI=1S/C74H45NO3/c1-4-24-56-54(21-1)71-51(23-16-30-62(71)73(56)58-26-6-11-34-66(58)77-67-35-12-7-27-59(67)73)48-18-15-19-50(44-48)75(49-41-38-46(39-42-49)47-40-43-53-52-20-3-10-33-65(52)76-70(53)45-47)64-32-17-31-63-72(64)55-22-2-5-25-57(55)74(63)60-28-8-13-36-68(60)78-69-37-14-9-29-61(69)74/h1-45H. The molecule has 0 saturated heterocycles. The number of fused-ring (bicyclic) bond motifs is 21. The smallest absolute Gasteiger partial charge is 0.136 e. The van der Waals surface area contributed by atoms with E-state index in [1.807, 2.05) is 12.1 Å². The lowest BCUT2D eigenvalue weighted by atomic mass is 9.66. The summed E-state index contributed by atoms with van der Waals surface area (Å²) in [7, 11) is 0. The van der Waals surface area contributed by atoms with E-state index in [9.17, 15) is 0 Å². The number of nitrogens with zero attached hydrogens (tertiary/aromatic N) is 1. The maximum Gasteiger partial charge on any atom is 0.136 e. The summed E-state index contributed by atoms with van der Waals surface area (Å²) >= 11 is 0. The van der Waals surface area contributed by atoms with Gasteiger partial charge in [0.2, 0.25) is 0 Å². The Balaban J connectivity index is 0.889. The van der Waals surface area contributed by atoms with Gasteiger partial charge in [0.05, 0.1) is 16.5 Å². The minimum atomic E-state index is -0.630. The van der Waals surface area contributed by atoms with Crippen LogP contribution in [0, 0.1) is 0 Å². The number of hydrogen-bond acceptors (Lipinski definition) is 4. The molecule has 4 nitrogen and oxygen atoms in total. The molecule has 0 saturated carbocycles. The van der Waals surface area contributed by atoms with Gasteiger partial charge in [-0.2, -0.15) is 0 Å². The molecule has 78 heavy (non-hydrogen) atoms. The molecular formula is C74H45NO3. The molecule has 2 aliphatic heterocycles. The average Bonchev–Trinajstić information content (AvgIpc) is 3.45. The summed E-state index contributed by atoms with van der Waals surface area (Å²) in [6, 6.07) is 99.3. The van der Waals surface area contributed by atoms with Crippen molar-refractivity contribution in [2.75, 3.05) is 4.90 Å². The van der Waals surface area contributed by atoms with Crippen LogP contribution in [0.25, 0.3) is 66.4 Å². The van der Waals surface area contributed by atoms with Crippen molar-refractivity contribution in [3.05, 3.63) is 317 Å². The van der Waals surface area contributed by atoms with Gasteiger partial charge in [0.1, 0.15) is 34.2 Å². The molecule has 0 fully saturated rings. The lowest BCUT2D eigenvalue weighted by molar-refractivity contribution is 0.436. The number of rotatable bonds is 5. The number of ether oxygens (including phenoxy) is 2. The van der Waals surface area contributed by atoms with Crippen LogP contribution < -0.4 is 14.4 Å². The molecule has 0 N–H and O–H groups in total. The molecule has 4 aliphatic rings. The van der Waals surface area contributed by atoms with Crippen molar-refractivity contribution >= 4 is 39.0 Å². The number of furan rings is 1. The molecule has 3 heterocycles. The molecule has 2 aliphatic carbocycles. The third-order valence-corrected chi connectivity index (χ3v) is 17.2. The van der Waals surface area contributed by atoms with E-state index in [1.165, 1.54) is 50.1 Å². The highest BCUT2D eigenvalue weighted by molar-refractivity contribution is 6.06. The van der Waals surface area contributed by atoms with Crippen molar-refractivity contribution in [3.63, 3.8) is 0 Å². The minimum absolute atomic E-state index is 0.580. The summed E-state index contributed by atoms with van der Waals surface area (Å²) in [5, 5.41) is 2.25. The van der Waals surface area contributed by atoms with Crippen LogP contribution in [0.3, 0.4) is 0 Å². The average molecular weight is 996 g/mol. The van der Waals surface area contributed by atoms with E-state index >= 15 is 0 Å². The lowest BCUT2D eigenvalue weighted by Crippen LogP contribution is -2.32. The summed E-state index contributed by atoms with van der Waals surface area (Å²) in [6.45, 7) is 0. The Morgan fingerprint density at radius 3 is 1.36 bits per heavy atom. The monoisotopic (exact) mass is 995 g/mol. The second kappa shape index (κ2) is 16.2. The van der Waals surface area contributed by atoms with Gasteiger partial charge in [-0.15, -0.1) is 0 Å². The molecule has 364 valence electrons. The highest BCUT2D eigenvalue weighted by Gasteiger charge is 2.53. The predicted octanol–water partition coefficient (Wildman–Crippen LogP) is 19.3. The van der Waals surface area contributed by atoms with Gasteiger partial charge in [-0.1, -0.05) is 200 Å². The van der Waals surface area contributed by atoms with Crippen LogP contribution in [0.2, 0.25) is 0 Å². The van der Waals surface area contributed by atoms with Crippen LogP contribution in [0.4, 0.5) is 17.1 Å². The topological polar surface area (TPSA) is 34.8 Å². The van der Waals surface area contributed by atoms with E-state index in [4.69, 9.17) is 13.9 Å². The second-order valence-electron chi connectivity index (χ2n) is 20.9. The molecule has 0 unspecified atom stereocenters. The summed E-state index contributed by atoms with van der Waals surface area (Å²) in [4.78, 5) is 2.48. The first-order chi connectivity index (χ1) is 38.7. The van der Waals surface area contributed by atoms with Crippen LogP contribution in [-0.4, -0.2) is 0 Å². The molecule has 17 rings (SSSR count). The first-order valence-corrected chi connectivity index (χ1v) is 26.8. The highest BCUT2D eigenvalue weighted by atomic mass is 16.5. The number of hydrogen-bond donors (Lipinski definition) is 0. The normalized spacial score (nSPS) is 14.1. The first-order valence-electron chi connectivity index (χ1n) is 26.8. The predicted molar refractivity (Wildman–Crippen MR) is 314 cm³/mol. The fourth-order valence-electron chi connectivity index (χ4n) is 14.2. The van der Waals surface area contributed by atoms with Gasteiger partial charge < -0.3 is 18.8 Å². The van der Waals surface area contributed by atoms with Gasteiger partial charge in [0.25, 0.3) is 0 Å². The maximum atomic E-state index is 6.76. The number of para-hydroxylation sites is 5. The van der Waals surface area contributed by atoms with E-state index in [-0.39, 0.29) is 0 Å². The van der Waals surface area contributed by atoms with Crippen molar-refractivity contribution in [1.82, 2.24) is 0 Å². The molecule has 1 aromatic heterocycles. The van der Waals surface area contributed by atoms with E-state index in [0.717, 1.165) is 101 Å². The van der Waals surface area contributed by atoms with Crippen LogP contribution in [0.5, 0.6) is 23.0 Å². The summed E-state index contributed by atoms with van der Waals surface area (Å²) in [5.74, 6) is 3.51. The van der Waals surface area contributed by atoms with Crippen molar-refractivity contribution < 1.29 is 13.9 Å². The Morgan fingerprint density at radius 2 is 0.731 bits per heavy atom. The Hall–Kier alpha value is -10.2.